The van der Waals surface area contributed by atoms with Gasteiger partial charge in [0.15, 0.2) is 11.2 Å². The predicted octanol–water partition coefficient (Wildman–Crippen LogP) is 7.38. The Bertz CT molecular complexity index is 2230. The molecule has 2 aliphatic rings. The maximum Gasteiger partial charge on any atom is 0.408 e. The van der Waals surface area contributed by atoms with Gasteiger partial charge in [0.1, 0.15) is 27.7 Å². The molecule has 2 N–H and O–H groups in total. The number of fused-ring (bicyclic) bond motifs is 1. The summed E-state index contributed by atoms with van der Waals surface area (Å²) in [4.78, 5) is 63.1. The maximum absolute atomic E-state index is 14.6. The number of thiocarbonyl (C=S) groups is 1. The van der Waals surface area contributed by atoms with Gasteiger partial charge in [0.25, 0.3) is 5.91 Å². The second-order valence-corrected chi connectivity index (χ2v) is 18.8. The highest BCUT2D eigenvalue weighted by Crippen LogP contribution is 2.42. The van der Waals surface area contributed by atoms with Crippen LogP contribution in [0.4, 0.5) is 9.93 Å². The Morgan fingerprint density at radius 1 is 1.05 bits per heavy atom. The molecule has 6 rings (SSSR count). The minimum absolute atomic E-state index is 0.000665. The third-order valence-corrected chi connectivity index (χ3v) is 13.5. The van der Waals surface area contributed by atoms with Crippen LogP contribution in [0.3, 0.4) is 0 Å². The molecular formula is C40H39Cl2N5O7S4. The molecule has 3 aromatic carbocycles. The van der Waals surface area contributed by atoms with Gasteiger partial charge >= 0.3 is 12.1 Å². The molecule has 3 heterocycles. The number of aromatic nitrogens is 1. The molecule has 3 amide bonds. The van der Waals surface area contributed by atoms with Crippen molar-refractivity contribution in [1.82, 2.24) is 20.5 Å². The number of alkyl carbamates (subject to hydrolysis) is 1. The number of hydrogen-bond acceptors (Lipinski definition) is 11. The first kappa shape index (κ1) is 43.3. The van der Waals surface area contributed by atoms with Crippen molar-refractivity contribution in [3.05, 3.63) is 117 Å². The van der Waals surface area contributed by atoms with Gasteiger partial charge in [0.05, 0.1) is 43.8 Å². The fourth-order valence-corrected chi connectivity index (χ4v) is 10.4. The molecular weight excluding hydrogens is 862 g/mol. The number of thioether (sulfide) groups is 1. The number of ether oxygens (including phenoxy) is 2. The molecule has 12 nitrogen and oxygen atoms in total. The first-order chi connectivity index (χ1) is 27.6. The van der Waals surface area contributed by atoms with Crippen LogP contribution in [0.25, 0.3) is 5.57 Å². The van der Waals surface area contributed by atoms with Gasteiger partial charge in [-0.2, -0.15) is 0 Å². The van der Waals surface area contributed by atoms with Crippen LogP contribution in [0.5, 0.6) is 0 Å². The smallest absolute Gasteiger partial charge is 0.408 e. The number of β-lactam (4-membered cyclic amide) rings is 1. The van der Waals surface area contributed by atoms with Gasteiger partial charge in [0.2, 0.25) is 5.91 Å². The fourth-order valence-electron chi connectivity index (χ4n) is 6.14. The van der Waals surface area contributed by atoms with Gasteiger partial charge in [-0.25, -0.2) is 14.6 Å². The van der Waals surface area contributed by atoms with Gasteiger partial charge in [-0.1, -0.05) is 107 Å². The molecule has 0 aliphatic carbocycles. The number of nitrogens with one attached hydrogen (secondary N) is 2. The molecule has 1 fully saturated rings. The van der Waals surface area contributed by atoms with Crippen molar-refractivity contribution >= 4 is 109 Å². The van der Waals surface area contributed by atoms with Crippen LogP contribution in [0.1, 0.15) is 49.8 Å². The molecule has 0 spiro atoms. The average molecular weight is 901 g/mol. The highest BCUT2D eigenvalue weighted by Gasteiger charge is 2.58. The van der Waals surface area contributed by atoms with Crippen LogP contribution in [0, 0.1) is 0 Å². The summed E-state index contributed by atoms with van der Waals surface area (Å²) in [5.74, 6) is -2.09. The van der Waals surface area contributed by atoms with E-state index in [0.717, 1.165) is 0 Å². The Morgan fingerprint density at radius 2 is 1.71 bits per heavy atom. The lowest BCUT2D eigenvalue weighted by molar-refractivity contribution is -0.154. The second-order valence-electron chi connectivity index (χ2n) is 14.0. The summed E-state index contributed by atoms with van der Waals surface area (Å²) >= 11 is 20.2. The SMILES string of the molecule is CCN(C(=S)CNC(=O)OC(C)(C)C)c1ncc(C2=C(C(=O)OC(c3ccccc3)c3ccccc3)N3C(=O)C(NC(=O)CSc4ccc(Cl)c(Cl)c4)C3S(=O)C2)s1. The van der Waals surface area contributed by atoms with Crippen molar-refractivity contribution < 1.29 is 32.9 Å². The Balaban J connectivity index is 1.30. The Morgan fingerprint density at radius 3 is 2.31 bits per heavy atom. The van der Waals surface area contributed by atoms with Crippen LogP contribution in [0.2, 0.25) is 10.0 Å². The average Bonchev–Trinajstić information content (AvgIpc) is 3.68. The van der Waals surface area contributed by atoms with E-state index in [2.05, 4.69) is 15.6 Å². The lowest BCUT2D eigenvalue weighted by Gasteiger charge is -2.49. The molecule has 4 aromatic rings. The van der Waals surface area contributed by atoms with E-state index in [1.165, 1.54) is 34.2 Å². The third kappa shape index (κ3) is 10.1. The minimum Gasteiger partial charge on any atom is -0.448 e. The first-order valence-electron chi connectivity index (χ1n) is 18.0. The summed E-state index contributed by atoms with van der Waals surface area (Å²) in [5.41, 5.74) is 0.919. The number of carbonyl (C=O) groups excluding carboxylic acids is 4. The van der Waals surface area contributed by atoms with E-state index in [-0.39, 0.29) is 23.7 Å². The zero-order valence-electron chi connectivity index (χ0n) is 31.7. The lowest BCUT2D eigenvalue weighted by Crippen LogP contribution is -2.73. The number of benzene rings is 3. The number of halogens is 2. The largest absolute Gasteiger partial charge is 0.448 e. The van der Waals surface area contributed by atoms with Crippen LogP contribution < -0.4 is 15.5 Å². The van der Waals surface area contributed by atoms with Gasteiger partial charge in [-0.15, -0.1) is 11.8 Å². The zero-order valence-corrected chi connectivity index (χ0v) is 36.5. The van der Waals surface area contributed by atoms with Gasteiger partial charge < -0.3 is 25.0 Å². The van der Waals surface area contributed by atoms with E-state index in [1.54, 1.807) is 43.9 Å². The van der Waals surface area contributed by atoms with E-state index >= 15 is 0 Å². The molecule has 3 atom stereocenters. The van der Waals surface area contributed by atoms with E-state index in [4.69, 9.17) is 44.9 Å². The van der Waals surface area contributed by atoms with Crippen LogP contribution in [-0.4, -0.2) is 84.6 Å². The summed E-state index contributed by atoms with van der Waals surface area (Å²) < 4.78 is 25.7. The van der Waals surface area contributed by atoms with Crippen molar-refractivity contribution in [3.8, 4) is 0 Å². The zero-order chi connectivity index (χ0) is 41.7. The lowest BCUT2D eigenvalue weighted by atomic mass is 10.0. The number of amides is 3. The molecule has 58 heavy (non-hydrogen) atoms. The topological polar surface area (TPSA) is 147 Å². The number of likely N-dealkylation sites (N-methyl/N-ethyl adjacent to an activating group) is 1. The standard InChI is InChI=1S/C40H39Cl2N5O7S4/c1-5-46(31(55)20-44-39(51)54-40(2,3)4)38-43-19-29(57-38)26-22-58(52)36-32(45-30(48)21-56-25-16-17-27(41)28(42)18-25)35(49)47(36)33(26)37(50)53-34(23-12-8-6-9-13-23)24-14-10-7-11-15-24/h6-19,32,34,36H,5,20-22H2,1-4H3,(H,44,51)(H,45,48). The van der Waals surface area contributed by atoms with Crippen molar-refractivity contribution in [3.63, 3.8) is 0 Å². The highest BCUT2D eigenvalue weighted by atomic mass is 35.5. The van der Waals surface area contributed by atoms with E-state index < -0.39 is 57.8 Å². The molecule has 0 saturated carbocycles. The van der Waals surface area contributed by atoms with Gasteiger partial charge in [0, 0.05) is 23.2 Å². The molecule has 1 aromatic heterocycles. The summed E-state index contributed by atoms with van der Waals surface area (Å²) in [6, 6.07) is 22.2. The van der Waals surface area contributed by atoms with Gasteiger partial charge in [-0.3, -0.25) is 18.7 Å². The Kier molecular flexibility index (Phi) is 14.0. The van der Waals surface area contributed by atoms with Crippen molar-refractivity contribution in [2.24, 2.45) is 0 Å². The highest BCUT2D eigenvalue weighted by molar-refractivity contribution is 8.00. The molecule has 3 unspecified atom stereocenters. The van der Waals surface area contributed by atoms with Gasteiger partial charge in [-0.05, 0) is 57.0 Å². The number of hydrogen-bond donors (Lipinski definition) is 2. The van der Waals surface area contributed by atoms with Crippen molar-refractivity contribution in [1.29, 1.82) is 0 Å². The number of esters is 1. The molecule has 1 saturated heterocycles. The number of carbonyl (C=O) groups is 4. The number of rotatable bonds is 13. The third-order valence-electron chi connectivity index (χ3n) is 8.75. The first-order valence-corrected chi connectivity index (χ1v) is 22.3. The minimum atomic E-state index is -1.76. The summed E-state index contributed by atoms with van der Waals surface area (Å²) in [6.07, 6.45) is 0.0614. The Labute approximate surface area is 362 Å². The van der Waals surface area contributed by atoms with Crippen LogP contribution in [0.15, 0.2) is 95.7 Å². The normalized spacial score (nSPS) is 17.6. The molecule has 18 heteroatoms. The van der Waals surface area contributed by atoms with Crippen molar-refractivity contribution in [2.75, 3.05) is 29.5 Å². The Hall–Kier alpha value is -4.32. The molecule has 0 bridgehead atoms. The van der Waals surface area contributed by atoms with E-state index in [0.29, 0.717) is 53.2 Å². The second kappa shape index (κ2) is 18.7. The van der Waals surface area contributed by atoms with E-state index in [1.807, 2.05) is 67.6 Å². The summed E-state index contributed by atoms with van der Waals surface area (Å²) in [6.45, 7) is 7.54. The predicted molar refractivity (Wildman–Crippen MR) is 232 cm³/mol. The maximum atomic E-state index is 14.6. The fraction of sp³-hybridized carbons (Fsp3) is 0.300. The number of thiazole rings is 1. The quantitative estimate of drug-likeness (QED) is 0.0600. The van der Waals surface area contributed by atoms with E-state index in [9.17, 15) is 23.4 Å². The monoisotopic (exact) mass is 899 g/mol. The number of nitrogens with zero attached hydrogens (tertiary/aromatic N) is 3. The van der Waals surface area contributed by atoms with Crippen LogP contribution >= 0.6 is 58.5 Å². The summed E-state index contributed by atoms with van der Waals surface area (Å²) in [7, 11) is -1.76. The summed E-state index contributed by atoms with van der Waals surface area (Å²) in [5, 5.41) is 5.52. The number of anilines is 1. The van der Waals surface area contributed by atoms with Crippen LogP contribution in [-0.2, 0) is 34.7 Å². The molecule has 304 valence electrons. The molecule has 0 radical (unpaired) electrons. The molecule has 2 aliphatic heterocycles. The van der Waals surface area contributed by atoms with Crippen molar-refractivity contribution in [2.45, 2.75) is 55.7 Å².